The molecule has 144 valence electrons. The van der Waals surface area contributed by atoms with Crippen LogP contribution in [0.5, 0.6) is 0 Å². The fraction of sp³-hybridized carbons (Fsp3) is 0.500. The Morgan fingerprint density at radius 3 is 2.52 bits per heavy atom. The molecule has 2 unspecified atom stereocenters. The molecule has 3 aliphatic heterocycles. The summed E-state index contributed by atoms with van der Waals surface area (Å²) in [4.78, 5) is 39.6. The van der Waals surface area contributed by atoms with Gasteiger partial charge in [-0.05, 0) is 18.2 Å². The lowest BCUT2D eigenvalue weighted by molar-refractivity contribution is -0.124. The zero-order valence-corrected chi connectivity index (χ0v) is 15.1. The lowest BCUT2D eigenvalue weighted by Gasteiger charge is -2.24. The van der Waals surface area contributed by atoms with Crippen LogP contribution in [0.2, 0.25) is 0 Å². The number of nitrogens with zero attached hydrogens (tertiary/aromatic N) is 3. The minimum atomic E-state index is -0.558. The van der Waals surface area contributed by atoms with E-state index in [4.69, 9.17) is 4.74 Å². The summed E-state index contributed by atoms with van der Waals surface area (Å²) in [7, 11) is 0. The van der Waals surface area contributed by atoms with Gasteiger partial charge in [0.15, 0.2) is 0 Å². The molecule has 3 saturated heterocycles. The Bertz CT molecular complexity index is 805. The number of hydrogen-bond donors (Lipinski definition) is 1. The minimum Gasteiger partial charge on any atom is -0.442 e. The number of hydrogen-bond acceptors (Lipinski definition) is 5. The number of rotatable bonds is 4. The summed E-state index contributed by atoms with van der Waals surface area (Å²) in [6.45, 7) is 4.64. The van der Waals surface area contributed by atoms with Gasteiger partial charge in [0.1, 0.15) is 11.9 Å². The van der Waals surface area contributed by atoms with E-state index in [0.717, 1.165) is 0 Å². The second-order valence-electron chi connectivity index (χ2n) is 7.16. The number of carbonyl (C=O) groups excluding carboxylic acids is 3. The van der Waals surface area contributed by atoms with E-state index < -0.39 is 18.0 Å². The van der Waals surface area contributed by atoms with E-state index in [2.05, 4.69) is 5.32 Å². The molecule has 0 bridgehead atoms. The molecular formula is C18H21FN4O4. The Hall–Kier alpha value is -2.84. The van der Waals surface area contributed by atoms with Crippen molar-refractivity contribution in [1.82, 2.24) is 10.2 Å². The maximum atomic E-state index is 14.7. The third-order valence-electron chi connectivity index (χ3n) is 5.28. The number of benzene rings is 1. The van der Waals surface area contributed by atoms with Crippen LogP contribution < -0.4 is 15.1 Å². The third kappa shape index (κ3) is 3.17. The highest BCUT2D eigenvalue weighted by Gasteiger charge is 2.55. The Balaban J connectivity index is 1.41. The SMILES string of the molecule is CC(=O)NC[C@H]1CN(c2ccc(N3CC4C(C3)N4C(C)=O)c(F)c2)C(=O)O1. The number of ether oxygens (including phenoxy) is 1. The molecule has 4 rings (SSSR count). The minimum absolute atomic E-state index is 0.0573. The number of anilines is 2. The van der Waals surface area contributed by atoms with Gasteiger partial charge in [-0.3, -0.25) is 14.5 Å². The van der Waals surface area contributed by atoms with Gasteiger partial charge in [-0.2, -0.15) is 0 Å². The summed E-state index contributed by atoms with van der Waals surface area (Å²) >= 11 is 0. The predicted octanol–water partition coefficient (Wildman–Crippen LogP) is 0.706. The van der Waals surface area contributed by atoms with Crippen LogP contribution in [-0.4, -0.2) is 67.2 Å². The molecule has 27 heavy (non-hydrogen) atoms. The number of halogens is 1. The highest BCUT2D eigenvalue weighted by molar-refractivity contribution is 5.90. The molecule has 3 heterocycles. The second kappa shape index (κ2) is 6.40. The molecule has 1 N–H and O–H groups in total. The normalized spacial score (nSPS) is 26.1. The molecule has 8 nitrogen and oxygen atoms in total. The van der Waals surface area contributed by atoms with Gasteiger partial charge in [0.25, 0.3) is 0 Å². The number of amides is 3. The number of carbonyl (C=O) groups is 3. The van der Waals surface area contributed by atoms with E-state index in [-0.39, 0.29) is 37.0 Å². The van der Waals surface area contributed by atoms with Crippen LogP contribution in [0.1, 0.15) is 13.8 Å². The van der Waals surface area contributed by atoms with Crippen molar-refractivity contribution in [2.24, 2.45) is 0 Å². The topological polar surface area (TPSA) is 82.0 Å². The van der Waals surface area contributed by atoms with E-state index in [9.17, 15) is 18.8 Å². The molecule has 0 radical (unpaired) electrons. The summed E-state index contributed by atoms with van der Waals surface area (Å²) in [5, 5.41) is 2.61. The number of nitrogens with one attached hydrogen (secondary N) is 1. The highest BCUT2D eigenvalue weighted by atomic mass is 19.1. The average molecular weight is 376 g/mol. The van der Waals surface area contributed by atoms with Gasteiger partial charge in [-0.15, -0.1) is 0 Å². The van der Waals surface area contributed by atoms with E-state index in [1.807, 2.05) is 9.80 Å². The lowest BCUT2D eigenvalue weighted by Crippen LogP contribution is -2.33. The van der Waals surface area contributed by atoms with E-state index in [1.165, 1.54) is 17.9 Å². The molecule has 1 aromatic carbocycles. The Morgan fingerprint density at radius 1 is 1.22 bits per heavy atom. The van der Waals surface area contributed by atoms with Gasteiger partial charge < -0.3 is 19.9 Å². The van der Waals surface area contributed by atoms with E-state index >= 15 is 0 Å². The quantitative estimate of drug-likeness (QED) is 0.783. The Kier molecular flexibility index (Phi) is 4.16. The van der Waals surface area contributed by atoms with Crippen molar-refractivity contribution in [3.8, 4) is 0 Å². The van der Waals surface area contributed by atoms with Gasteiger partial charge in [0.05, 0.1) is 36.5 Å². The predicted molar refractivity (Wildman–Crippen MR) is 95.0 cm³/mol. The van der Waals surface area contributed by atoms with Crippen molar-refractivity contribution in [2.75, 3.05) is 36.0 Å². The molecule has 3 aliphatic rings. The van der Waals surface area contributed by atoms with Gasteiger partial charge in [-0.25, -0.2) is 9.18 Å². The molecule has 0 spiro atoms. The molecule has 0 aromatic heterocycles. The zero-order chi connectivity index (χ0) is 19.3. The molecule has 9 heteroatoms. The molecule has 1 aromatic rings. The fourth-order valence-electron chi connectivity index (χ4n) is 3.96. The maximum absolute atomic E-state index is 14.7. The Labute approximate surface area is 155 Å². The second-order valence-corrected chi connectivity index (χ2v) is 7.16. The average Bonchev–Trinajstić information content (AvgIpc) is 2.94. The first kappa shape index (κ1) is 17.6. The van der Waals surface area contributed by atoms with Crippen LogP contribution in [0.25, 0.3) is 0 Å². The summed E-state index contributed by atoms with van der Waals surface area (Å²) in [6.07, 6.45) is -1.02. The van der Waals surface area contributed by atoms with Crippen LogP contribution in [0.15, 0.2) is 18.2 Å². The Morgan fingerprint density at radius 2 is 1.93 bits per heavy atom. The first-order valence-corrected chi connectivity index (χ1v) is 8.91. The van der Waals surface area contributed by atoms with Crippen LogP contribution in [0.3, 0.4) is 0 Å². The molecule has 0 aliphatic carbocycles. The monoisotopic (exact) mass is 376 g/mol. The van der Waals surface area contributed by atoms with Gasteiger partial charge in [0.2, 0.25) is 11.8 Å². The highest BCUT2D eigenvalue weighted by Crippen LogP contribution is 2.39. The largest absolute Gasteiger partial charge is 0.442 e. The molecule has 3 amide bonds. The van der Waals surface area contributed by atoms with Crippen molar-refractivity contribution in [3.05, 3.63) is 24.0 Å². The first-order valence-electron chi connectivity index (χ1n) is 8.91. The fourth-order valence-corrected chi connectivity index (χ4v) is 3.96. The van der Waals surface area contributed by atoms with Crippen molar-refractivity contribution in [3.63, 3.8) is 0 Å². The summed E-state index contributed by atoms with van der Waals surface area (Å²) in [6, 6.07) is 5.01. The van der Waals surface area contributed by atoms with Gasteiger partial charge >= 0.3 is 6.09 Å². The zero-order valence-electron chi connectivity index (χ0n) is 15.1. The van der Waals surface area contributed by atoms with E-state index in [1.54, 1.807) is 19.1 Å². The van der Waals surface area contributed by atoms with Crippen molar-refractivity contribution >= 4 is 29.3 Å². The summed E-state index contributed by atoms with van der Waals surface area (Å²) < 4.78 is 19.9. The number of cyclic esters (lactones) is 1. The molecule has 3 atom stereocenters. The van der Waals surface area contributed by atoms with Crippen molar-refractivity contribution < 1.29 is 23.5 Å². The first-order chi connectivity index (χ1) is 12.8. The lowest BCUT2D eigenvalue weighted by atomic mass is 10.2. The smallest absolute Gasteiger partial charge is 0.414 e. The van der Waals surface area contributed by atoms with Crippen molar-refractivity contribution in [1.29, 1.82) is 0 Å². The van der Waals surface area contributed by atoms with Crippen LogP contribution in [0.4, 0.5) is 20.6 Å². The number of fused-ring (bicyclic) bond motifs is 1. The van der Waals surface area contributed by atoms with Gasteiger partial charge in [0, 0.05) is 26.9 Å². The molecule has 3 fully saturated rings. The standard InChI is InChI=1S/C18H21FN4O4/c1-10(24)20-6-13-7-22(18(26)27-13)12-3-4-15(14(19)5-12)21-8-16-17(9-21)23(16)11(2)25/h3-5,13,16-17H,6-9H2,1-2H3,(H,20,24)/t13-,16?,17?,23?/m0/s1. The molecule has 0 saturated carbocycles. The number of piperazine rings is 1. The van der Waals surface area contributed by atoms with Gasteiger partial charge in [-0.1, -0.05) is 0 Å². The van der Waals surface area contributed by atoms with Crippen molar-refractivity contribution in [2.45, 2.75) is 32.0 Å². The summed E-state index contributed by atoms with van der Waals surface area (Å²) in [5.74, 6) is -0.560. The van der Waals surface area contributed by atoms with E-state index in [0.29, 0.717) is 24.5 Å². The third-order valence-corrected chi connectivity index (χ3v) is 5.28. The van der Waals surface area contributed by atoms with Crippen LogP contribution >= 0.6 is 0 Å². The maximum Gasteiger partial charge on any atom is 0.414 e. The summed E-state index contributed by atoms with van der Waals surface area (Å²) in [5.41, 5.74) is 0.887. The van der Waals surface area contributed by atoms with Crippen LogP contribution in [-0.2, 0) is 14.3 Å². The van der Waals surface area contributed by atoms with Crippen LogP contribution in [0, 0.1) is 5.82 Å². The molecular weight excluding hydrogens is 355 g/mol.